The number of aromatic nitrogens is 3. The number of nitrogens with zero attached hydrogens (tertiary/aromatic N) is 3. The molecule has 2 heterocycles. The Morgan fingerprint density at radius 2 is 1.71 bits per heavy atom. The smallest absolute Gasteiger partial charge is 0.408 e. The molecule has 0 unspecified atom stereocenters. The number of hydrogen-bond acceptors (Lipinski definition) is 6. The normalized spacial score (nSPS) is 11.3. The molecular weight excluding hydrogens is 450 g/mol. The molecule has 10 nitrogen and oxygen atoms in total. The van der Waals surface area contributed by atoms with Crippen molar-refractivity contribution < 1.29 is 9.21 Å². The van der Waals surface area contributed by atoms with Gasteiger partial charge < -0.3 is 15.1 Å². The number of H-pyrrole nitrogens is 1. The molecule has 0 spiro atoms. The zero-order chi connectivity index (χ0) is 25.1. The molecule has 0 saturated heterocycles. The first-order chi connectivity index (χ1) is 16.8. The fourth-order valence-electron chi connectivity index (χ4n) is 3.89. The standard InChI is InChI=1S/C25H27N5O5/c1-16(2)12-13-28(20(31)15-29-18-10-6-7-11-19(18)35-25(29)34)21-22(26)30(24(33)27-23(21)32)14-17-8-4-3-5-9-17/h3-11,16H,12-15,26H2,1-2H3,(H,27,32,33). The fourth-order valence-corrected chi connectivity index (χ4v) is 3.89. The second-order valence-electron chi connectivity index (χ2n) is 8.71. The maximum Gasteiger partial charge on any atom is 0.420 e. The van der Waals surface area contributed by atoms with Gasteiger partial charge in [-0.25, -0.2) is 9.59 Å². The minimum Gasteiger partial charge on any atom is -0.408 e. The number of anilines is 2. The maximum absolute atomic E-state index is 13.5. The van der Waals surface area contributed by atoms with Crippen molar-refractivity contribution in [1.29, 1.82) is 0 Å². The van der Waals surface area contributed by atoms with E-state index in [1.165, 1.54) is 14.0 Å². The lowest BCUT2D eigenvalue weighted by Gasteiger charge is -2.25. The Labute approximate surface area is 200 Å². The van der Waals surface area contributed by atoms with E-state index in [0.717, 1.165) is 5.56 Å². The van der Waals surface area contributed by atoms with E-state index < -0.39 is 22.9 Å². The van der Waals surface area contributed by atoms with Crippen LogP contribution in [0.2, 0.25) is 0 Å². The van der Waals surface area contributed by atoms with E-state index in [1.807, 2.05) is 44.2 Å². The third kappa shape index (κ3) is 4.96. The van der Waals surface area contributed by atoms with Crippen molar-refractivity contribution in [3.8, 4) is 0 Å². The van der Waals surface area contributed by atoms with Crippen molar-refractivity contribution in [2.45, 2.75) is 33.4 Å². The van der Waals surface area contributed by atoms with Crippen LogP contribution < -0.4 is 27.6 Å². The van der Waals surface area contributed by atoms with E-state index in [9.17, 15) is 19.2 Å². The van der Waals surface area contributed by atoms with Gasteiger partial charge in [-0.3, -0.25) is 23.7 Å². The zero-order valence-corrected chi connectivity index (χ0v) is 19.6. The summed E-state index contributed by atoms with van der Waals surface area (Å²) in [6, 6.07) is 15.9. The highest BCUT2D eigenvalue weighted by atomic mass is 16.4. The van der Waals surface area contributed by atoms with E-state index in [1.54, 1.807) is 24.3 Å². The third-order valence-corrected chi connectivity index (χ3v) is 5.77. The molecule has 35 heavy (non-hydrogen) atoms. The number of benzene rings is 2. The zero-order valence-electron chi connectivity index (χ0n) is 19.6. The van der Waals surface area contributed by atoms with E-state index in [4.69, 9.17) is 10.2 Å². The van der Waals surface area contributed by atoms with Crippen LogP contribution >= 0.6 is 0 Å². The number of oxazole rings is 1. The van der Waals surface area contributed by atoms with Crippen LogP contribution in [0.1, 0.15) is 25.8 Å². The summed E-state index contributed by atoms with van der Waals surface area (Å²) in [4.78, 5) is 55.0. The highest BCUT2D eigenvalue weighted by molar-refractivity contribution is 5.96. The number of para-hydroxylation sites is 2. The van der Waals surface area contributed by atoms with Gasteiger partial charge in [-0.05, 0) is 30.0 Å². The minimum absolute atomic E-state index is 0.118. The molecule has 2 aromatic carbocycles. The summed E-state index contributed by atoms with van der Waals surface area (Å²) in [6.07, 6.45) is 0.573. The number of carbonyl (C=O) groups is 1. The Morgan fingerprint density at radius 1 is 1.03 bits per heavy atom. The molecule has 0 aliphatic heterocycles. The van der Waals surface area contributed by atoms with Crippen molar-refractivity contribution in [1.82, 2.24) is 14.1 Å². The van der Waals surface area contributed by atoms with Crippen LogP contribution in [-0.2, 0) is 17.9 Å². The Kier molecular flexibility index (Phi) is 6.72. The van der Waals surface area contributed by atoms with Gasteiger partial charge in [-0.15, -0.1) is 0 Å². The monoisotopic (exact) mass is 477 g/mol. The number of amides is 1. The summed E-state index contributed by atoms with van der Waals surface area (Å²) in [5, 5.41) is 0. The first kappa shape index (κ1) is 23.8. The van der Waals surface area contributed by atoms with Crippen LogP contribution in [0, 0.1) is 5.92 Å². The SMILES string of the molecule is CC(C)CCN(C(=O)Cn1c(=O)oc2ccccc21)c1c(N)n(Cc2ccccc2)c(=O)[nH]c1=O. The Bertz CT molecular complexity index is 1530. The summed E-state index contributed by atoms with van der Waals surface area (Å²) in [5.74, 6) is -1.11. The van der Waals surface area contributed by atoms with Gasteiger partial charge in [0.05, 0.1) is 12.1 Å². The Hall–Kier alpha value is -4.34. The summed E-state index contributed by atoms with van der Waals surface area (Å²) in [5.41, 5.74) is 6.40. The molecular formula is C25H27N5O5. The van der Waals surface area contributed by atoms with Crippen molar-refractivity contribution in [2.24, 2.45) is 5.92 Å². The molecule has 0 atom stereocenters. The van der Waals surface area contributed by atoms with Gasteiger partial charge in [-0.2, -0.15) is 0 Å². The lowest BCUT2D eigenvalue weighted by Crippen LogP contribution is -2.43. The largest absolute Gasteiger partial charge is 0.420 e. The Balaban J connectivity index is 1.77. The summed E-state index contributed by atoms with van der Waals surface area (Å²) >= 11 is 0. The molecule has 0 fully saturated rings. The van der Waals surface area contributed by atoms with Gasteiger partial charge in [0.15, 0.2) is 11.3 Å². The van der Waals surface area contributed by atoms with Crippen LogP contribution in [0.4, 0.5) is 11.5 Å². The highest BCUT2D eigenvalue weighted by Gasteiger charge is 2.26. The number of nitrogens with one attached hydrogen (secondary N) is 1. The maximum atomic E-state index is 13.5. The average molecular weight is 478 g/mol. The molecule has 1 amide bonds. The second-order valence-corrected chi connectivity index (χ2v) is 8.71. The number of aromatic amines is 1. The van der Waals surface area contributed by atoms with E-state index >= 15 is 0 Å². The van der Waals surface area contributed by atoms with Gasteiger partial charge in [0.1, 0.15) is 12.4 Å². The number of nitrogen functional groups attached to an aromatic ring is 1. The molecule has 4 aromatic rings. The number of hydrogen-bond donors (Lipinski definition) is 2. The van der Waals surface area contributed by atoms with Crippen LogP contribution in [0.3, 0.4) is 0 Å². The number of nitrogens with two attached hydrogens (primary N) is 1. The second kappa shape index (κ2) is 9.88. The first-order valence-electron chi connectivity index (χ1n) is 11.3. The quantitative estimate of drug-likeness (QED) is 0.399. The molecule has 0 aliphatic carbocycles. The molecule has 10 heteroatoms. The first-order valence-corrected chi connectivity index (χ1v) is 11.3. The summed E-state index contributed by atoms with van der Waals surface area (Å²) < 4.78 is 7.67. The van der Waals surface area contributed by atoms with Gasteiger partial charge in [0.2, 0.25) is 5.91 Å². The predicted molar refractivity (Wildman–Crippen MR) is 134 cm³/mol. The van der Waals surface area contributed by atoms with Crippen molar-refractivity contribution in [3.63, 3.8) is 0 Å². The topological polar surface area (TPSA) is 136 Å². The van der Waals surface area contributed by atoms with Crippen molar-refractivity contribution in [2.75, 3.05) is 17.2 Å². The van der Waals surface area contributed by atoms with Gasteiger partial charge >= 0.3 is 11.4 Å². The van der Waals surface area contributed by atoms with E-state index in [2.05, 4.69) is 4.98 Å². The van der Waals surface area contributed by atoms with Gasteiger partial charge in [-0.1, -0.05) is 56.3 Å². The highest BCUT2D eigenvalue weighted by Crippen LogP contribution is 2.20. The number of rotatable bonds is 8. The molecule has 0 aliphatic rings. The van der Waals surface area contributed by atoms with Gasteiger partial charge in [0.25, 0.3) is 5.56 Å². The molecule has 0 bridgehead atoms. The van der Waals surface area contributed by atoms with Crippen LogP contribution in [0.25, 0.3) is 11.1 Å². The predicted octanol–water partition coefficient (Wildman–Crippen LogP) is 2.15. The van der Waals surface area contributed by atoms with E-state index in [0.29, 0.717) is 17.5 Å². The fraction of sp³-hybridized carbons (Fsp3) is 0.280. The molecule has 3 N–H and O–H groups in total. The molecule has 2 aromatic heterocycles. The van der Waals surface area contributed by atoms with Crippen molar-refractivity contribution >= 4 is 28.5 Å². The van der Waals surface area contributed by atoms with Crippen LogP contribution in [0.5, 0.6) is 0 Å². The molecule has 4 rings (SSSR count). The van der Waals surface area contributed by atoms with Crippen LogP contribution in [0.15, 0.2) is 73.4 Å². The lowest BCUT2D eigenvalue weighted by atomic mass is 10.1. The Morgan fingerprint density at radius 3 is 2.43 bits per heavy atom. The van der Waals surface area contributed by atoms with Gasteiger partial charge in [0, 0.05) is 6.54 Å². The summed E-state index contributed by atoms with van der Waals surface area (Å²) in [7, 11) is 0. The van der Waals surface area contributed by atoms with Crippen LogP contribution in [-0.4, -0.2) is 26.6 Å². The minimum atomic E-state index is -0.765. The molecule has 182 valence electrons. The lowest BCUT2D eigenvalue weighted by molar-refractivity contribution is -0.119. The van der Waals surface area contributed by atoms with Crippen molar-refractivity contribution in [3.05, 3.63) is 91.5 Å². The summed E-state index contributed by atoms with van der Waals surface area (Å²) in [6.45, 7) is 3.91. The molecule has 0 saturated carbocycles. The molecule has 0 radical (unpaired) electrons. The number of carbonyl (C=O) groups excluding carboxylic acids is 1. The number of fused-ring (bicyclic) bond motifs is 1. The third-order valence-electron chi connectivity index (χ3n) is 5.77. The van der Waals surface area contributed by atoms with E-state index in [-0.39, 0.29) is 37.1 Å². The average Bonchev–Trinajstić information content (AvgIpc) is 3.14.